The van der Waals surface area contributed by atoms with Crippen LogP contribution in [0.4, 0.5) is 5.69 Å². The number of nitrogen functional groups attached to an aromatic ring is 1. The number of halogens is 2. The van der Waals surface area contributed by atoms with Gasteiger partial charge in [-0.05, 0) is 45.0 Å². The summed E-state index contributed by atoms with van der Waals surface area (Å²) in [6, 6.07) is 3.46. The van der Waals surface area contributed by atoms with Crippen LogP contribution in [0.2, 0.25) is 10.0 Å². The number of nitrogens with zero attached hydrogens (tertiary/aromatic N) is 1. The number of likely N-dealkylation sites (tertiary alicyclic amines) is 1. The molecule has 0 aromatic heterocycles. The Labute approximate surface area is 135 Å². The molecule has 0 aliphatic carbocycles. The lowest BCUT2D eigenvalue weighted by atomic mass is 10.0. The number of piperidine rings is 1. The molecule has 1 fully saturated rings. The third kappa shape index (κ3) is 4.25. The molecule has 1 aromatic carbocycles. The predicted molar refractivity (Wildman–Crippen MR) is 86.0 cm³/mol. The van der Waals surface area contributed by atoms with Crippen LogP contribution in [-0.4, -0.2) is 37.1 Å². The van der Waals surface area contributed by atoms with Crippen molar-refractivity contribution in [1.82, 2.24) is 4.90 Å². The Balaban J connectivity index is 1.87. The number of rotatable bonds is 4. The fourth-order valence-corrected chi connectivity index (χ4v) is 2.94. The minimum absolute atomic E-state index is 0.260. The molecule has 0 saturated carbocycles. The Morgan fingerprint density at radius 1 is 1.43 bits per heavy atom. The molecular formula is C15H20Cl2N2O2. The second-order valence-corrected chi connectivity index (χ2v) is 6.20. The van der Waals surface area contributed by atoms with Gasteiger partial charge >= 0.3 is 5.97 Å². The molecule has 1 unspecified atom stereocenters. The van der Waals surface area contributed by atoms with E-state index in [1.807, 2.05) is 0 Å². The van der Waals surface area contributed by atoms with Crippen LogP contribution in [-0.2, 0) is 4.74 Å². The molecule has 4 nitrogen and oxygen atoms in total. The summed E-state index contributed by atoms with van der Waals surface area (Å²) in [6.45, 7) is 1.51. The summed E-state index contributed by atoms with van der Waals surface area (Å²) in [6.07, 6.45) is 4.49. The maximum Gasteiger partial charge on any atom is 0.338 e. The van der Waals surface area contributed by atoms with E-state index in [9.17, 15) is 4.79 Å². The van der Waals surface area contributed by atoms with E-state index in [4.69, 9.17) is 33.7 Å². The fraction of sp³-hybridized carbons (Fsp3) is 0.533. The first-order valence-corrected chi connectivity index (χ1v) is 7.86. The van der Waals surface area contributed by atoms with Crippen LogP contribution in [0.1, 0.15) is 36.0 Å². The topological polar surface area (TPSA) is 55.6 Å². The lowest BCUT2D eigenvalue weighted by Gasteiger charge is -2.32. The zero-order valence-corrected chi connectivity index (χ0v) is 13.6. The van der Waals surface area contributed by atoms with Crippen LogP contribution >= 0.6 is 23.2 Å². The standard InChI is InChI=1S/C15H20Cl2N2O2/c1-19-6-3-2-4-11(19)5-7-21-15(20)10-8-12(16)14(17)13(18)9-10/h8-9,11H,2-7,18H2,1H3. The van der Waals surface area contributed by atoms with Crippen molar-refractivity contribution in [3.63, 3.8) is 0 Å². The molecule has 1 aromatic rings. The van der Waals surface area contributed by atoms with Gasteiger partial charge in [-0.3, -0.25) is 0 Å². The zero-order chi connectivity index (χ0) is 15.4. The van der Waals surface area contributed by atoms with Gasteiger partial charge in [0.15, 0.2) is 0 Å². The van der Waals surface area contributed by atoms with Crippen LogP contribution in [0.25, 0.3) is 0 Å². The van der Waals surface area contributed by atoms with Crippen molar-refractivity contribution >= 4 is 34.9 Å². The number of ether oxygens (including phenoxy) is 1. The maximum atomic E-state index is 12.0. The van der Waals surface area contributed by atoms with Crippen LogP contribution < -0.4 is 5.73 Å². The molecule has 0 radical (unpaired) electrons. The van der Waals surface area contributed by atoms with Crippen LogP contribution in [0.5, 0.6) is 0 Å². The van der Waals surface area contributed by atoms with E-state index < -0.39 is 5.97 Å². The lowest BCUT2D eigenvalue weighted by molar-refractivity contribution is 0.0450. The highest BCUT2D eigenvalue weighted by atomic mass is 35.5. The van der Waals surface area contributed by atoms with Gasteiger partial charge in [-0.15, -0.1) is 0 Å². The Kier molecular flexibility index (Phi) is 5.73. The van der Waals surface area contributed by atoms with Gasteiger partial charge in [0.05, 0.1) is 27.9 Å². The minimum Gasteiger partial charge on any atom is -0.462 e. The average molecular weight is 331 g/mol. The van der Waals surface area contributed by atoms with E-state index in [1.54, 1.807) is 0 Å². The van der Waals surface area contributed by atoms with E-state index in [0.717, 1.165) is 19.4 Å². The van der Waals surface area contributed by atoms with Gasteiger partial charge < -0.3 is 15.4 Å². The van der Waals surface area contributed by atoms with Crippen molar-refractivity contribution in [3.05, 3.63) is 27.7 Å². The smallest absolute Gasteiger partial charge is 0.338 e. The van der Waals surface area contributed by atoms with Gasteiger partial charge in [-0.2, -0.15) is 0 Å². The number of esters is 1. The molecule has 1 aliphatic heterocycles. The number of hydrogen-bond donors (Lipinski definition) is 1. The molecule has 6 heteroatoms. The largest absolute Gasteiger partial charge is 0.462 e. The van der Waals surface area contributed by atoms with Gasteiger partial charge in [0.2, 0.25) is 0 Å². The van der Waals surface area contributed by atoms with Crippen molar-refractivity contribution in [3.8, 4) is 0 Å². The van der Waals surface area contributed by atoms with Gasteiger partial charge in [-0.1, -0.05) is 29.6 Å². The third-order valence-electron chi connectivity index (χ3n) is 3.90. The zero-order valence-electron chi connectivity index (χ0n) is 12.1. The van der Waals surface area contributed by atoms with Gasteiger partial charge in [0.25, 0.3) is 0 Å². The van der Waals surface area contributed by atoms with Crippen molar-refractivity contribution in [2.24, 2.45) is 0 Å². The van der Waals surface area contributed by atoms with Crippen LogP contribution in [0, 0.1) is 0 Å². The molecule has 116 valence electrons. The number of hydrogen-bond acceptors (Lipinski definition) is 4. The van der Waals surface area contributed by atoms with Crippen molar-refractivity contribution < 1.29 is 9.53 Å². The summed E-state index contributed by atoms with van der Waals surface area (Å²) >= 11 is 11.8. The molecule has 0 spiro atoms. The van der Waals surface area contributed by atoms with Gasteiger partial charge in [0, 0.05) is 6.04 Å². The predicted octanol–water partition coefficient (Wildman–Crippen LogP) is 3.61. The first-order valence-electron chi connectivity index (χ1n) is 7.11. The summed E-state index contributed by atoms with van der Waals surface area (Å²) in [4.78, 5) is 14.3. The first kappa shape index (κ1) is 16.4. The molecule has 2 rings (SSSR count). The normalized spacial score (nSPS) is 19.5. The molecule has 1 saturated heterocycles. The quantitative estimate of drug-likeness (QED) is 0.676. The van der Waals surface area contributed by atoms with Gasteiger partial charge in [0.1, 0.15) is 0 Å². The number of carbonyl (C=O) groups excluding carboxylic acids is 1. The molecule has 1 aliphatic rings. The molecule has 2 N–H and O–H groups in total. The van der Waals surface area contributed by atoms with Crippen molar-refractivity contribution in [1.29, 1.82) is 0 Å². The number of anilines is 1. The Morgan fingerprint density at radius 2 is 2.19 bits per heavy atom. The molecular weight excluding hydrogens is 311 g/mol. The lowest BCUT2D eigenvalue weighted by Crippen LogP contribution is -2.37. The SMILES string of the molecule is CN1CCCCC1CCOC(=O)c1cc(N)c(Cl)c(Cl)c1. The molecule has 1 heterocycles. The Hall–Kier alpha value is -0.970. The average Bonchev–Trinajstić information content (AvgIpc) is 2.46. The van der Waals surface area contributed by atoms with E-state index in [2.05, 4.69) is 11.9 Å². The summed E-state index contributed by atoms with van der Waals surface area (Å²) in [5.41, 5.74) is 6.31. The Bertz CT molecular complexity index is 499. The van der Waals surface area contributed by atoms with Crippen LogP contribution in [0.3, 0.4) is 0 Å². The number of benzene rings is 1. The highest BCUT2D eigenvalue weighted by molar-refractivity contribution is 6.43. The summed E-state index contributed by atoms with van der Waals surface area (Å²) < 4.78 is 5.31. The van der Waals surface area contributed by atoms with E-state index >= 15 is 0 Å². The molecule has 21 heavy (non-hydrogen) atoms. The highest BCUT2D eigenvalue weighted by Gasteiger charge is 2.19. The number of carbonyl (C=O) groups is 1. The van der Waals surface area contributed by atoms with E-state index in [1.165, 1.54) is 25.0 Å². The maximum absolute atomic E-state index is 12.0. The molecule has 0 bridgehead atoms. The summed E-state index contributed by atoms with van der Waals surface area (Å²) in [7, 11) is 2.12. The second kappa shape index (κ2) is 7.34. The fourth-order valence-electron chi connectivity index (χ4n) is 2.61. The summed E-state index contributed by atoms with van der Waals surface area (Å²) in [5.74, 6) is -0.418. The minimum atomic E-state index is -0.418. The van der Waals surface area contributed by atoms with Crippen molar-refractivity contribution in [2.75, 3.05) is 25.9 Å². The Morgan fingerprint density at radius 3 is 2.86 bits per heavy atom. The third-order valence-corrected chi connectivity index (χ3v) is 4.71. The van der Waals surface area contributed by atoms with Gasteiger partial charge in [-0.25, -0.2) is 4.79 Å². The highest BCUT2D eigenvalue weighted by Crippen LogP contribution is 2.29. The monoisotopic (exact) mass is 330 g/mol. The second-order valence-electron chi connectivity index (χ2n) is 5.42. The summed E-state index contributed by atoms with van der Waals surface area (Å²) in [5, 5.41) is 0.521. The van der Waals surface area contributed by atoms with Crippen molar-refractivity contribution in [2.45, 2.75) is 31.7 Å². The molecule has 1 atom stereocenters. The number of nitrogens with two attached hydrogens (primary N) is 1. The van der Waals surface area contributed by atoms with E-state index in [0.29, 0.717) is 18.2 Å². The van der Waals surface area contributed by atoms with Crippen LogP contribution in [0.15, 0.2) is 12.1 Å². The molecule has 0 amide bonds. The first-order chi connectivity index (χ1) is 9.99. The van der Waals surface area contributed by atoms with E-state index in [-0.39, 0.29) is 15.7 Å².